The smallest absolute Gasteiger partial charge is 0.240 e. The number of carbonyl (C=O) groups excluding carboxylic acids is 2. The van der Waals surface area contributed by atoms with Gasteiger partial charge in [0.1, 0.15) is 0 Å². The molecule has 0 bridgehead atoms. The van der Waals surface area contributed by atoms with E-state index in [4.69, 9.17) is 5.73 Å². The average molecular weight is 255 g/mol. The zero-order valence-electron chi connectivity index (χ0n) is 11.6. The highest BCUT2D eigenvalue weighted by Crippen LogP contribution is 2.18. The number of primary amides is 1. The van der Waals surface area contributed by atoms with Gasteiger partial charge in [-0.3, -0.25) is 9.59 Å². The van der Waals surface area contributed by atoms with Crippen molar-refractivity contribution in [1.29, 1.82) is 0 Å². The molecular weight excluding hydrogens is 230 g/mol. The molecule has 18 heavy (non-hydrogen) atoms. The molecule has 0 aromatic rings. The summed E-state index contributed by atoms with van der Waals surface area (Å²) in [6.07, 6.45) is 2.15. The number of carbonyl (C=O) groups is 2. The second-order valence-electron chi connectivity index (χ2n) is 5.63. The Labute approximate surface area is 109 Å². The van der Waals surface area contributed by atoms with Gasteiger partial charge in [-0.05, 0) is 31.2 Å². The number of amides is 2. The summed E-state index contributed by atoms with van der Waals surface area (Å²) in [5, 5.41) is 3.25. The molecule has 2 unspecified atom stereocenters. The Balaban J connectivity index is 2.70. The molecule has 0 saturated carbocycles. The molecule has 2 atom stereocenters. The highest BCUT2D eigenvalue weighted by molar-refractivity contribution is 5.87. The van der Waals surface area contributed by atoms with Crippen molar-refractivity contribution in [1.82, 2.24) is 10.2 Å². The van der Waals surface area contributed by atoms with Crippen LogP contribution in [0, 0.1) is 11.8 Å². The van der Waals surface area contributed by atoms with Gasteiger partial charge in [-0.15, -0.1) is 0 Å². The molecule has 1 heterocycles. The van der Waals surface area contributed by atoms with Gasteiger partial charge in [0, 0.05) is 6.54 Å². The van der Waals surface area contributed by atoms with Crippen LogP contribution in [0.2, 0.25) is 0 Å². The highest BCUT2D eigenvalue weighted by atomic mass is 16.2. The molecule has 1 saturated heterocycles. The topological polar surface area (TPSA) is 75.4 Å². The molecule has 5 nitrogen and oxygen atoms in total. The maximum Gasteiger partial charge on any atom is 0.240 e. The third-order valence-corrected chi connectivity index (χ3v) is 3.28. The summed E-state index contributed by atoms with van der Waals surface area (Å²) in [6, 6.07) is -0.170. The number of nitrogens with two attached hydrogens (primary N) is 1. The molecule has 0 aromatic carbocycles. The molecule has 5 heteroatoms. The Morgan fingerprint density at radius 2 is 2.11 bits per heavy atom. The van der Waals surface area contributed by atoms with Gasteiger partial charge in [0.05, 0.1) is 12.6 Å². The quantitative estimate of drug-likeness (QED) is 0.744. The van der Waals surface area contributed by atoms with E-state index in [1.807, 2.05) is 13.8 Å². The van der Waals surface area contributed by atoms with Crippen LogP contribution in [0.15, 0.2) is 0 Å². The van der Waals surface area contributed by atoms with Gasteiger partial charge < -0.3 is 16.0 Å². The first kappa shape index (κ1) is 15.0. The summed E-state index contributed by atoms with van der Waals surface area (Å²) in [4.78, 5) is 25.1. The normalized spacial score (nSPS) is 24.0. The van der Waals surface area contributed by atoms with Crippen molar-refractivity contribution in [2.45, 2.75) is 39.7 Å². The molecule has 2 amide bonds. The van der Waals surface area contributed by atoms with Crippen LogP contribution in [-0.4, -0.2) is 42.4 Å². The van der Waals surface area contributed by atoms with Crippen LogP contribution >= 0.6 is 0 Å². The van der Waals surface area contributed by atoms with Gasteiger partial charge >= 0.3 is 0 Å². The number of nitrogens with zero attached hydrogens (tertiary/aromatic N) is 1. The van der Waals surface area contributed by atoms with Crippen LogP contribution in [0.25, 0.3) is 0 Å². The lowest BCUT2D eigenvalue weighted by molar-refractivity contribution is -0.139. The molecule has 1 aliphatic rings. The third kappa shape index (κ3) is 4.29. The fraction of sp³-hybridized carbons (Fsp3) is 0.846. The van der Waals surface area contributed by atoms with E-state index in [1.165, 1.54) is 0 Å². The average Bonchev–Trinajstić information content (AvgIpc) is 2.26. The minimum Gasteiger partial charge on any atom is -0.368 e. The van der Waals surface area contributed by atoms with Crippen LogP contribution in [-0.2, 0) is 9.59 Å². The Hall–Kier alpha value is -1.10. The summed E-state index contributed by atoms with van der Waals surface area (Å²) >= 11 is 0. The molecule has 3 N–H and O–H groups in total. The van der Waals surface area contributed by atoms with E-state index < -0.39 is 5.91 Å². The number of hydrogen-bond acceptors (Lipinski definition) is 3. The lowest BCUT2D eigenvalue weighted by Gasteiger charge is -2.34. The first-order valence-electron chi connectivity index (χ1n) is 6.72. The zero-order valence-corrected chi connectivity index (χ0v) is 11.6. The zero-order chi connectivity index (χ0) is 13.7. The van der Waals surface area contributed by atoms with Crippen LogP contribution in [0.3, 0.4) is 0 Å². The van der Waals surface area contributed by atoms with Crippen molar-refractivity contribution in [2.75, 3.05) is 19.6 Å². The van der Waals surface area contributed by atoms with Gasteiger partial charge in [0.2, 0.25) is 11.8 Å². The first-order valence-corrected chi connectivity index (χ1v) is 6.72. The fourth-order valence-electron chi connectivity index (χ4n) is 2.44. The Morgan fingerprint density at radius 3 is 2.61 bits per heavy atom. The molecule has 104 valence electrons. The Morgan fingerprint density at radius 1 is 1.44 bits per heavy atom. The van der Waals surface area contributed by atoms with E-state index in [0.29, 0.717) is 18.4 Å². The van der Waals surface area contributed by atoms with Gasteiger partial charge in [-0.1, -0.05) is 20.8 Å². The molecule has 0 aromatic heterocycles. The first-order chi connectivity index (χ1) is 8.41. The standard InChI is InChI=1S/C13H25N3O2/c1-9(2)7-16(8-11(14)17)13(18)12-10(3)5-4-6-15-12/h9-10,12,15H,4-8H2,1-3H3,(H2,14,17). The minimum absolute atomic E-state index is 0.00898. The summed E-state index contributed by atoms with van der Waals surface area (Å²) < 4.78 is 0. The molecular formula is C13H25N3O2. The fourth-order valence-corrected chi connectivity index (χ4v) is 2.44. The van der Waals surface area contributed by atoms with Crippen molar-refractivity contribution < 1.29 is 9.59 Å². The second kappa shape index (κ2) is 6.73. The molecule has 0 radical (unpaired) electrons. The summed E-state index contributed by atoms with van der Waals surface area (Å²) in [6.45, 7) is 7.59. The predicted molar refractivity (Wildman–Crippen MR) is 70.8 cm³/mol. The van der Waals surface area contributed by atoms with Crippen LogP contribution in [0.4, 0.5) is 0 Å². The molecule has 0 aliphatic carbocycles. The monoisotopic (exact) mass is 255 g/mol. The largest absolute Gasteiger partial charge is 0.368 e. The summed E-state index contributed by atoms with van der Waals surface area (Å²) in [7, 11) is 0. The van der Waals surface area contributed by atoms with Crippen molar-refractivity contribution in [2.24, 2.45) is 17.6 Å². The number of rotatable bonds is 5. The number of nitrogens with one attached hydrogen (secondary N) is 1. The minimum atomic E-state index is -0.451. The Kier molecular flexibility index (Phi) is 5.59. The van der Waals surface area contributed by atoms with Gasteiger partial charge in [0.15, 0.2) is 0 Å². The molecule has 1 aliphatic heterocycles. The third-order valence-electron chi connectivity index (χ3n) is 3.28. The van der Waals surface area contributed by atoms with E-state index in [0.717, 1.165) is 19.4 Å². The van der Waals surface area contributed by atoms with Crippen LogP contribution in [0.5, 0.6) is 0 Å². The van der Waals surface area contributed by atoms with Gasteiger partial charge in [0.25, 0.3) is 0 Å². The van der Waals surface area contributed by atoms with Crippen molar-refractivity contribution in [3.63, 3.8) is 0 Å². The van der Waals surface area contributed by atoms with E-state index >= 15 is 0 Å². The van der Waals surface area contributed by atoms with Crippen LogP contribution < -0.4 is 11.1 Å². The lowest BCUT2D eigenvalue weighted by atomic mass is 9.91. The highest BCUT2D eigenvalue weighted by Gasteiger charge is 2.31. The van der Waals surface area contributed by atoms with Crippen molar-refractivity contribution >= 4 is 11.8 Å². The van der Waals surface area contributed by atoms with Gasteiger partial charge in [-0.25, -0.2) is 0 Å². The lowest BCUT2D eigenvalue weighted by Crippen LogP contribution is -2.54. The number of hydrogen-bond donors (Lipinski definition) is 2. The van der Waals surface area contributed by atoms with Crippen molar-refractivity contribution in [3.05, 3.63) is 0 Å². The van der Waals surface area contributed by atoms with Crippen LogP contribution in [0.1, 0.15) is 33.6 Å². The van der Waals surface area contributed by atoms with E-state index in [2.05, 4.69) is 12.2 Å². The van der Waals surface area contributed by atoms with E-state index in [9.17, 15) is 9.59 Å². The van der Waals surface area contributed by atoms with E-state index in [-0.39, 0.29) is 18.5 Å². The van der Waals surface area contributed by atoms with E-state index in [1.54, 1.807) is 4.90 Å². The maximum atomic E-state index is 12.4. The molecule has 1 rings (SSSR count). The molecule has 0 spiro atoms. The summed E-state index contributed by atoms with van der Waals surface area (Å²) in [5.41, 5.74) is 5.22. The van der Waals surface area contributed by atoms with Crippen molar-refractivity contribution in [3.8, 4) is 0 Å². The Bertz CT molecular complexity index is 305. The maximum absolute atomic E-state index is 12.4. The summed E-state index contributed by atoms with van der Waals surface area (Å²) in [5.74, 6) is 0.197. The predicted octanol–water partition coefficient (Wildman–Crippen LogP) is 0.344. The molecule has 1 fully saturated rings. The van der Waals surface area contributed by atoms with Gasteiger partial charge in [-0.2, -0.15) is 0 Å². The number of piperidine rings is 1. The second-order valence-corrected chi connectivity index (χ2v) is 5.63. The SMILES string of the molecule is CC(C)CN(CC(N)=O)C(=O)C1NCCCC1C.